The third-order valence-corrected chi connectivity index (χ3v) is 6.36. The number of nitrogens with one attached hydrogen (secondary N) is 2. The van der Waals surface area contributed by atoms with Gasteiger partial charge >= 0.3 is 0 Å². The number of rotatable bonds is 5. The van der Waals surface area contributed by atoms with Crippen molar-refractivity contribution in [3.05, 3.63) is 71.9 Å². The normalized spacial score (nSPS) is 14.7. The van der Waals surface area contributed by atoms with Gasteiger partial charge in [-0.2, -0.15) is 0 Å². The number of hydrogen-bond acceptors (Lipinski definition) is 6. The third kappa shape index (κ3) is 3.50. The van der Waals surface area contributed by atoms with E-state index in [4.69, 9.17) is 16.0 Å². The van der Waals surface area contributed by atoms with Crippen LogP contribution in [-0.2, 0) is 6.54 Å². The Hall–Kier alpha value is -3.06. The van der Waals surface area contributed by atoms with Gasteiger partial charge in [-0.1, -0.05) is 32.4 Å². The minimum atomic E-state index is -0.630. The molecule has 1 aliphatic rings. The van der Waals surface area contributed by atoms with Gasteiger partial charge in [-0.05, 0) is 43.0 Å². The van der Waals surface area contributed by atoms with E-state index in [0.29, 0.717) is 34.1 Å². The summed E-state index contributed by atoms with van der Waals surface area (Å²) in [5.41, 5.74) is 1.36. The summed E-state index contributed by atoms with van der Waals surface area (Å²) in [6.45, 7) is 10.3. The average molecular weight is 456 g/mol. The number of halogens is 1. The van der Waals surface area contributed by atoms with Gasteiger partial charge in [0.15, 0.2) is 0 Å². The third-order valence-electron chi connectivity index (χ3n) is 6.01. The van der Waals surface area contributed by atoms with Gasteiger partial charge in [0.05, 0.1) is 17.3 Å². The van der Waals surface area contributed by atoms with Crippen LogP contribution in [0.25, 0.3) is 0 Å². The number of aryl methyl sites for hydroxylation is 2. The summed E-state index contributed by atoms with van der Waals surface area (Å²) in [5.74, 6) is 1.31. The van der Waals surface area contributed by atoms with Crippen molar-refractivity contribution in [1.29, 1.82) is 0 Å². The molecule has 2 aromatic carbocycles. The predicted octanol–water partition coefficient (Wildman–Crippen LogP) is 4.67. The fourth-order valence-corrected chi connectivity index (χ4v) is 4.23. The summed E-state index contributed by atoms with van der Waals surface area (Å²) in [6.07, 6.45) is 0. The van der Waals surface area contributed by atoms with Crippen molar-refractivity contribution in [3.8, 4) is 0 Å². The number of nitrogens with zero attached hydrogens (tertiary/aromatic N) is 1. The molecule has 2 heterocycles. The molecule has 3 aromatic rings. The summed E-state index contributed by atoms with van der Waals surface area (Å²) in [6, 6.07) is 4.93. The van der Waals surface area contributed by atoms with Gasteiger partial charge in [0.1, 0.15) is 22.9 Å². The summed E-state index contributed by atoms with van der Waals surface area (Å²) < 4.78 is 5.92. The zero-order valence-electron chi connectivity index (χ0n) is 19.0. The number of benzene rings is 1. The van der Waals surface area contributed by atoms with Crippen LogP contribution in [-0.4, -0.2) is 17.9 Å². The van der Waals surface area contributed by atoms with Crippen LogP contribution >= 0.6 is 11.6 Å². The van der Waals surface area contributed by atoms with Crippen LogP contribution in [0.5, 0.6) is 0 Å². The Balaban J connectivity index is 1.72. The van der Waals surface area contributed by atoms with Crippen LogP contribution in [0.3, 0.4) is 0 Å². The van der Waals surface area contributed by atoms with Crippen molar-refractivity contribution in [2.75, 3.05) is 17.7 Å². The second-order valence-corrected chi connectivity index (χ2v) is 9.88. The van der Waals surface area contributed by atoms with Crippen LogP contribution in [0.1, 0.15) is 59.8 Å². The summed E-state index contributed by atoms with van der Waals surface area (Å²) in [5, 5.41) is 6.74. The number of amides is 1. The van der Waals surface area contributed by atoms with Gasteiger partial charge < -0.3 is 20.0 Å². The minimum absolute atomic E-state index is 0.135. The quantitative estimate of drug-likeness (QED) is 0.543. The maximum atomic E-state index is 12.6. The molecule has 2 N–H and O–H groups in total. The lowest BCUT2D eigenvalue weighted by Crippen LogP contribution is -2.39. The molecule has 8 heteroatoms. The van der Waals surface area contributed by atoms with E-state index >= 15 is 0 Å². The zero-order valence-corrected chi connectivity index (χ0v) is 19.7. The molecule has 1 aliphatic heterocycles. The van der Waals surface area contributed by atoms with E-state index in [9.17, 15) is 14.4 Å². The van der Waals surface area contributed by atoms with Crippen molar-refractivity contribution in [3.63, 3.8) is 0 Å². The highest BCUT2D eigenvalue weighted by Gasteiger charge is 2.35. The summed E-state index contributed by atoms with van der Waals surface area (Å²) in [4.78, 5) is 39.2. The molecule has 4 rings (SSSR count). The Kier molecular flexibility index (Phi) is 5.20. The van der Waals surface area contributed by atoms with Gasteiger partial charge in [0.25, 0.3) is 16.8 Å². The van der Waals surface area contributed by atoms with E-state index in [2.05, 4.69) is 10.6 Å². The predicted molar refractivity (Wildman–Crippen MR) is 126 cm³/mol. The van der Waals surface area contributed by atoms with E-state index in [1.807, 2.05) is 40.7 Å². The van der Waals surface area contributed by atoms with Gasteiger partial charge in [0.2, 0.25) is 0 Å². The number of furan rings is 1. The number of hydrogen-bond donors (Lipinski definition) is 2. The van der Waals surface area contributed by atoms with Crippen LogP contribution in [0.2, 0.25) is 5.02 Å². The molecular formula is C24H26ClN3O4. The van der Waals surface area contributed by atoms with Gasteiger partial charge in [-0.25, -0.2) is 0 Å². The molecule has 0 bridgehead atoms. The van der Waals surface area contributed by atoms with Crippen molar-refractivity contribution in [2.24, 2.45) is 5.41 Å². The first-order chi connectivity index (χ1) is 14.9. The first-order valence-electron chi connectivity index (χ1n) is 10.4. The molecule has 1 aromatic heterocycles. The molecule has 0 unspecified atom stereocenters. The Bertz CT molecular complexity index is 1290. The van der Waals surface area contributed by atoms with Crippen molar-refractivity contribution in [2.45, 2.75) is 47.2 Å². The molecule has 0 saturated heterocycles. The standard InChI is InChI=1S/C24H26ClN3O4/c1-11-9-16(32-12(11)2)22(24(3,4)5)27-19-18(20(29)21(19)30)26-15-8-7-14(25)13-10-28(6)23(31)17(13)15/h7-9,22,26-27H,10H2,1-6H3/t22-/m0/s1. The van der Waals surface area contributed by atoms with E-state index in [-0.39, 0.29) is 28.7 Å². The fraction of sp³-hybridized carbons (Fsp3) is 0.375. The first kappa shape index (κ1) is 22.1. The molecular weight excluding hydrogens is 430 g/mol. The largest absolute Gasteiger partial charge is 0.464 e. The maximum Gasteiger partial charge on any atom is 0.256 e. The zero-order chi connectivity index (χ0) is 23.5. The summed E-state index contributed by atoms with van der Waals surface area (Å²) in [7, 11) is 1.69. The molecule has 0 spiro atoms. The smallest absolute Gasteiger partial charge is 0.256 e. The maximum absolute atomic E-state index is 12.6. The highest BCUT2D eigenvalue weighted by Crippen LogP contribution is 2.40. The molecule has 0 fully saturated rings. The number of anilines is 3. The van der Waals surface area contributed by atoms with Crippen molar-refractivity contribution in [1.82, 2.24) is 4.90 Å². The second-order valence-electron chi connectivity index (χ2n) is 9.47. The average Bonchev–Trinajstić information content (AvgIpc) is 3.20. The van der Waals surface area contributed by atoms with Gasteiger partial charge in [0, 0.05) is 24.2 Å². The monoisotopic (exact) mass is 455 g/mol. The lowest BCUT2D eigenvalue weighted by Gasteiger charge is -2.31. The Morgan fingerprint density at radius 3 is 2.34 bits per heavy atom. The molecule has 7 nitrogen and oxygen atoms in total. The first-order valence-corrected chi connectivity index (χ1v) is 10.8. The molecule has 1 atom stereocenters. The highest BCUT2D eigenvalue weighted by atomic mass is 35.5. The van der Waals surface area contributed by atoms with E-state index in [1.54, 1.807) is 24.1 Å². The van der Waals surface area contributed by atoms with Crippen LogP contribution in [0, 0.1) is 19.3 Å². The Morgan fingerprint density at radius 2 is 1.75 bits per heavy atom. The minimum Gasteiger partial charge on any atom is -0.464 e. The molecule has 32 heavy (non-hydrogen) atoms. The number of fused-ring (bicyclic) bond motifs is 1. The Labute approximate surface area is 191 Å². The van der Waals surface area contributed by atoms with Crippen molar-refractivity contribution >= 4 is 34.6 Å². The van der Waals surface area contributed by atoms with Crippen LogP contribution in [0.15, 0.2) is 32.2 Å². The molecule has 0 aliphatic carbocycles. The van der Waals surface area contributed by atoms with Gasteiger partial charge in [-0.3, -0.25) is 14.4 Å². The molecule has 1 amide bonds. The summed E-state index contributed by atoms with van der Waals surface area (Å²) >= 11 is 6.28. The highest BCUT2D eigenvalue weighted by molar-refractivity contribution is 6.32. The van der Waals surface area contributed by atoms with Gasteiger partial charge in [-0.15, -0.1) is 0 Å². The van der Waals surface area contributed by atoms with Crippen LogP contribution in [0.4, 0.5) is 17.1 Å². The second kappa shape index (κ2) is 7.52. The number of carbonyl (C=O) groups excluding carboxylic acids is 1. The van der Waals surface area contributed by atoms with E-state index in [1.165, 1.54) is 0 Å². The van der Waals surface area contributed by atoms with E-state index < -0.39 is 10.9 Å². The SMILES string of the molecule is Cc1cc([C@H](Nc2c(Nc3ccc(Cl)c4c3C(=O)N(C)C4)c(=O)c2=O)C(C)(C)C)oc1C. The van der Waals surface area contributed by atoms with E-state index in [0.717, 1.165) is 11.3 Å². The van der Waals surface area contributed by atoms with Crippen LogP contribution < -0.4 is 21.5 Å². The lowest BCUT2D eigenvalue weighted by molar-refractivity contribution is 0.0817. The molecule has 168 valence electrons. The van der Waals surface area contributed by atoms with Crippen molar-refractivity contribution < 1.29 is 9.21 Å². The lowest BCUT2D eigenvalue weighted by atomic mass is 9.84. The fourth-order valence-electron chi connectivity index (χ4n) is 4.01. The topological polar surface area (TPSA) is 91.6 Å². The molecule has 0 radical (unpaired) electrons. The molecule has 0 saturated carbocycles. The number of carbonyl (C=O) groups is 1. The Morgan fingerprint density at radius 1 is 1.09 bits per heavy atom.